The number of furan rings is 1. The van der Waals surface area contributed by atoms with Gasteiger partial charge in [-0.2, -0.15) is 0 Å². The molecule has 0 radical (unpaired) electrons. The van der Waals surface area contributed by atoms with Crippen molar-refractivity contribution in [3.8, 4) is 5.75 Å². The van der Waals surface area contributed by atoms with Crippen LogP contribution in [0.2, 0.25) is 0 Å². The maximum absolute atomic E-state index is 12.3. The fraction of sp³-hybridized carbons (Fsp3) is 0.333. The van der Waals surface area contributed by atoms with Crippen LogP contribution in [-0.4, -0.2) is 54.9 Å². The van der Waals surface area contributed by atoms with E-state index in [1.54, 1.807) is 18.0 Å². The van der Waals surface area contributed by atoms with E-state index in [4.69, 9.17) is 9.15 Å². The van der Waals surface area contributed by atoms with Gasteiger partial charge in [0.25, 0.3) is 5.91 Å². The molecule has 3 aromatic rings. The van der Waals surface area contributed by atoms with Gasteiger partial charge in [-0.25, -0.2) is 0 Å². The van der Waals surface area contributed by atoms with Crippen LogP contribution >= 0.6 is 0 Å². The summed E-state index contributed by atoms with van der Waals surface area (Å²) >= 11 is 0. The zero-order valence-electron chi connectivity index (χ0n) is 15.9. The van der Waals surface area contributed by atoms with Gasteiger partial charge in [-0.15, -0.1) is 0 Å². The fourth-order valence-electron chi connectivity index (χ4n) is 3.02. The number of hydrogen-bond acceptors (Lipinski definition) is 4. The van der Waals surface area contributed by atoms with Crippen LogP contribution in [0.3, 0.4) is 0 Å². The van der Waals surface area contributed by atoms with Crippen LogP contribution in [0.4, 0.5) is 0 Å². The molecule has 0 fully saturated rings. The topological polar surface area (TPSA) is 63.0 Å². The monoisotopic (exact) mass is 368 g/mol. The molecule has 6 nitrogen and oxygen atoms in total. The van der Waals surface area contributed by atoms with Crippen LogP contribution < -0.4 is 4.74 Å². The van der Waals surface area contributed by atoms with Crippen molar-refractivity contribution in [3.63, 3.8) is 0 Å². The van der Waals surface area contributed by atoms with Crippen LogP contribution in [0.25, 0.3) is 21.9 Å². The number of benzene rings is 2. The molecule has 0 atom stereocenters. The third kappa shape index (κ3) is 4.05. The quantitative estimate of drug-likeness (QED) is 0.642. The van der Waals surface area contributed by atoms with Crippen LogP contribution in [0.1, 0.15) is 13.8 Å². The Balaban J connectivity index is 1.64. The number of hydrogen-bond donors (Lipinski definition) is 0. The SMILES string of the molecule is CCN(CC)C(=O)CN(C)C(=O)COc1ccc2oc3ccccc3c2c1. The highest BCUT2D eigenvalue weighted by molar-refractivity contribution is 6.05. The van der Waals surface area contributed by atoms with E-state index in [1.165, 1.54) is 4.90 Å². The van der Waals surface area contributed by atoms with Gasteiger partial charge < -0.3 is 19.0 Å². The summed E-state index contributed by atoms with van der Waals surface area (Å²) < 4.78 is 11.4. The molecule has 0 aliphatic heterocycles. The van der Waals surface area contributed by atoms with Crippen LogP contribution in [0.15, 0.2) is 46.9 Å². The first-order valence-corrected chi connectivity index (χ1v) is 9.09. The summed E-state index contributed by atoms with van der Waals surface area (Å²) in [7, 11) is 1.61. The number of para-hydroxylation sites is 1. The summed E-state index contributed by atoms with van der Waals surface area (Å²) in [5.74, 6) is 0.278. The van der Waals surface area contributed by atoms with Crippen LogP contribution in [0, 0.1) is 0 Å². The minimum atomic E-state index is -0.243. The average molecular weight is 368 g/mol. The van der Waals surface area contributed by atoms with Crippen molar-refractivity contribution < 1.29 is 18.7 Å². The van der Waals surface area contributed by atoms with E-state index in [1.807, 2.05) is 50.2 Å². The van der Waals surface area contributed by atoms with Gasteiger partial charge in [-0.1, -0.05) is 18.2 Å². The lowest BCUT2D eigenvalue weighted by molar-refractivity contribution is -0.140. The number of carbonyl (C=O) groups excluding carboxylic acids is 2. The van der Waals surface area contributed by atoms with Gasteiger partial charge in [0.1, 0.15) is 16.9 Å². The van der Waals surface area contributed by atoms with Crippen molar-refractivity contribution in [1.82, 2.24) is 9.80 Å². The zero-order chi connectivity index (χ0) is 19.4. The van der Waals surface area contributed by atoms with E-state index in [2.05, 4.69) is 0 Å². The Morgan fingerprint density at radius 2 is 1.67 bits per heavy atom. The van der Waals surface area contributed by atoms with Crippen LogP contribution in [0.5, 0.6) is 5.75 Å². The summed E-state index contributed by atoms with van der Waals surface area (Å²) in [5.41, 5.74) is 1.59. The molecule has 142 valence electrons. The van der Waals surface area contributed by atoms with E-state index in [0.717, 1.165) is 21.9 Å². The van der Waals surface area contributed by atoms with Crippen LogP contribution in [-0.2, 0) is 9.59 Å². The summed E-state index contributed by atoms with van der Waals surface area (Å²) in [6.07, 6.45) is 0. The molecule has 0 spiro atoms. The van der Waals surface area contributed by atoms with E-state index < -0.39 is 0 Å². The molecule has 0 saturated carbocycles. The molecule has 0 N–H and O–H groups in total. The molecule has 0 unspecified atom stereocenters. The Labute approximate surface area is 158 Å². The van der Waals surface area contributed by atoms with E-state index in [-0.39, 0.29) is 25.0 Å². The second-order valence-electron chi connectivity index (χ2n) is 6.36. The molecule has 27 heavy (non-hydrogen) atoms. The Kier molecular flexibility index (Phi) is 5.64. The number of rotatable bonds is 7. The summed E-state index contributed by atoms with van der Waals surface area (Å²) in [4.78, 5) is 27.5. The van der Waals surface area contributed by atoms with Gasteiger partial charge in [0.05, 0.1) is 6.54 Å². The third-order valence-corrected chi connectivity index (χ3v) is 4.62. The normalized spacial score (nSPS) is 10.9. The molecule has 2 amide bonds. The standard InChI is InChI=1S/C21H24N2O4/c1-4-23(5-2)20(24)13-22(3)21(25)14-26-15-10-11-19-17(12-15)16-8-6-7-9-18(16)27-19/h6-12H,4-5,13-14H2,1-3H3. The number of carbonyl (C=O) groups is 2. The van der Waals surface area contributed by atoms with Gasteiger partial charge >= 0.3 is 0 Å². The highest BCUT2D eigenvalue weighted by Crippen LogP contribution is 2.31. The molecule has 0 bridgehead atoms. The molecular formula is C21H24N2O4. The average Bonchev–Trinajstić information content (AvgIpc) is 3.05. The lowest BCUT2D eigenvalue weighted by atomic mass is 10.1. The van der Waals surface area contributed by atoms with Gasteiger partial charge in [0.2, 0.25) is 5.91 Å². The third-order valence-electron chi connectivity index (χ3n) is 4.62. The van der Waals surface area contributed by atoms with Crippen molar-refractivity contribution >= 4 is 33.8 Å². The number of nitrogens with zero attached hydrogens (tertiary/aromatic N) is 2. The summed E-state index contributed by atoms with van der Waals surface area (Å²) in [6, 6.07) is 13.3. The molecule has 6 heteroatoms. The maximum Gasteiger partial charge on any atom is 0.260 e. The molecule has 2 aromatic carbocycles. The molecular weight excluding hydrogens is 344 g/mol. The minimum absolute atomic E-state index is 0.0509. The molecule has 1 aromatic heterocycles. The van der Waals surface area contributed by atoms with E-state index in [9.17, 15) is 9.59 Å². The molecule has 3 rings (SSSR count). The van der Waals surface area contributed by atoms with Gasteiger partial charge in [0, 0.05) is 30.9 Å². The van der Waals surface area contributed by atoms with Gasteiger partial charge in [-0.05, 0) is 38.1 Å². The molecule has 0 aliphatic carbocycles. The Hall–Kier alpha value is -3.02. The predicted octanol–water partition coefficient (Wildman–Crippen LogP) is 3.29. The van der Waals surface area contributed by atoms with Crippen molar-refractivity contribution in [2.45, 2.75) is 13.8 Å². The first kappa shape index (κ1) is 18.8. The highest BCUT2D eigenvalue weighted by atomic mass is 16.5. The predicted molar refractivity (Wildman–Crippen MR) is 105 cm³/mol. The maximum atomic E-state index is 12.3. The smallest absolute Gasteiger partial charge is 0.260 e. The highest BCUT2D eigenvalue weighted by Gasteiger charge is 2.17. The van der Waals surface area contributed by atoms with Gasteiger partial charge in [-0.3, -0.25) is 9.59 Å². The van der Waals surface area contributed by atoms with Crippen molar-refractivity contribution in [2.24, 2.45) is 0 Å². The number of fused-ring (bicyclic) bond motifs is 3. The number of amides is 2. The Morgan fingerprint density at radius 3 is 2.41 bits per heavy atom. The lowest BCUT2D eigenvalue weighted by Gasteiger charge is -2.23. The lowest BCUT2D eigenvalue weighted by Crippen LogP contribution is -2.42. The Morgan fingerprint density at radius 1 is 0.963 bits per heavy atom. The summed E-state index contributed by atoms with van der Waals surface area (Å²) in [6.45, 7) is 5.03. The second-order valence-corrected chi connectivity index (χ2v) is 6.36. The molecule has 0 saturated heterocycles. The van der Waals surface area contributed by atoms with E-state index in [0.29, 0.717) is 18.8 Å². The first-order valence-electron chi connectivity index (χ1n) is 9.09. The number of ether oxygens (including phenoxy) is 1. The fourth-order valence-corrected chi connectivity index (χ4v) is 3.02. The molecule has 0 aliphatic rings. The van der Waals surface area contributed by atoms with Gasteiger partial charge in [0.15, 0.2) is 6.61 Å². The van der Waals surface area contributed by atoms with Crippen molar-refractivity contribution in [1.29, 1.82) is 0 Å². The zero-order valence-corrected chi connectivity index (χ0v) is 15.9. The second kappa shape index (κ2) is 8.12. The van der Waals surface area contributed by atoms with Crippen molar-refractivity contribution in [3.05, 3.63) is 42.5 Å². The first-order chi connectivity index (χ1) is 13.0. The largest absolute Gasteiger partial charge is 0.484 e. The molecule has 1 heterocycles. The Bertz CT molecular complexity index is 959. The van der Waals surface area contributed by atoms with E-state index >= 15 is 0 Å². The number of likely N-dealkylation sites (N-methyl/N-ethyl adjacent to an activating group) is 2. The summed E-state index contributed by atoms with van der Waals surface area (Å²) in [5, 5.41) is 1.95. The van der Waals surface area contributed by atoms with Crippen molar-refractivity contribution in [2.75, 3.05) is 33.3 Å². The minimum Gasteiger partial charge on any atom is -0.484 e.